The highest BCUT2D eigenvalue weighted by atomic mass is 15.1. The molecule has 0 aromatic heterocycles. The maximum absolute atomic E-state index is 3.39. The van der Waals surface area contributed by atoms with E-state index in [-0.39, 0.29) is 0 Å². The van der Waals surface area contributed by atoms with Gasteiger partial charge in [0.25, 0.3) is 0 Å². The molecule has 1 N–H and O–H groups in total. The maximum atomic E-state index is 3.39. The molecule has 94 valence electrons. The van der Waals surface area contributed by atoms with Crippen LogP contribution in [0.5, 0.6) is 0 Å². The zero-order chi connectivity index (χ0) is 12.5. The second-order valence-electron chi connectivity index (χ2n) is 4.45. The van der Waals surface area contributed by atoms with Gasteiger partial charge in [-0.05, 0) is 30.7 Å². The first kappa shape index (κ1) is 13.8. The van der Waals surface area contributed by atoms with Crippen LogP contribution in [0.2, 0.25) is 0 Å². The molecule has 0 amide bonds. The normalized spacial score (nSPS) is 11.0. The lowest BCUT2D eigenvalue weighted by molar-refractivity contribution is 0.682. The van der Waals surface area contributed by atoms with Crippen LogP contribution < -0.4 is 10.2 Å². The third kappa shape index (κ3) is 5.55. The van der Waals surface area contributed by atoms with Crippen molar-refractivity contribution in [1.29, 1.82) is 0 Å². The zero-order valence-electron chi connectivity index (χ0n) is 11.2. The fourth-order valence-corrected chi connectivity index (χ4v) is 1.57. The monoisotopic (exact) mass is 232 g/mol. The van der Waals surface area contributed by atoms with Crippen molar-refractivity contribution in [2.45, 2.75) is 19.8 Å². The number of hydrogen-bond acceptors (Lipinski definition) is 2. The Morgan fingerprint density at radius 1 is 1.18 bits per heavy atom. The minimum Gasteiger partial charge on any atom is -0.378 e. The van der Waals surface area contributed by atoms with E-state index in [0.29, 0.717) is 0 Å². The molecule has 17 heavy (non-hydrogen) atoms. The Bertz CT molecular complexity index is 325. The molecular weight excluding hydrogens is 208 g/mol. The molecule has 0 saturated heterocycles. The molecule has 0 heterocycles. The van der Waals surface area contributed by atoms with Crippen molar-refractivity contribution in [3.8, 4) is 0 Å². The minimum absolute atomic E-state index is 0.954. The van der Waals surface area contributed by atoms with Crippen molar-refractivity contribution >= 4 is 11.8 Å². The second-order valence-corrected chi connectivity index (χ2v) is 4.45. The van der Waals surface area contributed by atoms with Gasteiger partial charge in [-0.15, -0.1) is 0 Å². The molecule has 2 heteroatoms. The van der Waals surface area contributed by atoms with Crippen molar-refractivity contribution in [2.24, 2.45) is 0 Å². The highest BCUT2D eigenvalue weighted by Crippen LogP contribution is 2.12. The lowest BCUT2D eigenvalue weighted by atomic mass is 10.2. The van der Waals surface area contributed by atoms with Crippen LogP contribution in [0.15, 0.2) is 30.3 Å². The van der Waals surface area contributed by atoms with Crippen molar-refractivity contribution in [3.05, 3.63) is 35.9 Å². The van der Waals surface area contributed by atoms with Crippen LogP contribution in [0.4, 0.5) is 5.69 Å². The SMILES string of the molecule is CCCCNC/C=C/c1ccc(N(C)C)cc1. The van der Waals surface area contributed by atoms with Crippen LogP contribution in [0.1, 0.15) is 25.3 Å². The van der Waals surface area contributed by atoms with Gasteiger partial charge in [-0.3, -0.25) is 0 Å². The van der Waals surface area contributed by atoms with Gasteiger partial charge in [-0.25, -0.2) is 0 Å². The van der Waals surface area contributed by atoms with E-state index >= 15 is 0 Å². The molecule has 0 saturated carbocycles. The van der Waals surface area contributed by atoms with Gasteiger partial charge in [0.15, 0.2) is 0 Å². The number of hydrogen-bond donors (Lipinski definition) is 1. The number of anilines is 1. The van der Waals surface area contributed by atoms with Crippen molar-refractivity contribution < 1.29 is 0 Å². The Morgan fingerprint density at radius 2 is 1.88 bits per heavy atom. The molecule has 1 rings (SSSR count). The summed E-state index contributed by atoms with van der Waals surface area (Å²) in [5.74, 6) is 0. The molecule has 0 radical (unpaired) electrons. The van der Waals surface area contributed by atoms with E-state index in [1.165, 1.54) is 24.1 Å². The third-order valence-corrected chi connectivity index (χ3v) is 2.69. The van der Waals surface area contributed by atoms with Gasteiger partial charge in [0.1, 0.15) is 0 Å². The zero-order valence-corrected chi connectivity index (χ0v) is 11.2. The summed E-state index contributed by atoms with van der Waals surface area (Å²) in [5.41, 5.74) is 2.50. The predicted molar refractivity (Wildman–Crippen MR) is 77.6 cm³/mol. The molecular formula is C15H24N2. The summed E-state index contributed by atoms with van der Waals surface area (Å²) in [6.07, 6.45) is 6.85. The van der Waals surface area contributed by atoms with E-state index in [1.807, 2.05) is 0 Å². The summed E-state index contributed by atoms with van der Waals surface area (Å²) in [6, 6.07) is 8.59. The molecule has 0 atom stereocenters. The molecule has 0 fully saturated rings. The number of benzene rings is 1. The van der Waals surface area contributed by atoms with Crippen molar-refractivity contribution in [1.82, 2.24) is 5.32 Å². The van der Waals surface area contributed by atoms with Gasteiger partial charge >= 0.3 is 0 Å². The molecule has 0 aliphatic carbocycles. The Kier molecular flexibility index (Phi) is 6.41. The minimum atomic E-state index is 0.954. The van der Waals surface area contributed by atoms with E-state index < -0.39 is 0 Å². The van der Waals surface area contributed by atoms with E-state index in [0.717, 1.165) is 13.1 Å². The number of nitrogens with zero attached hydrogens (tertiary/aromatic N) is 1. The molecule has 1 aromatic rings. The molecule has 0 aliphatic rings. The molecule has 2 nitrogen and oxygen atoms in total. The van der Waals surface area contributed by atoms with Crippen molar-refractivity contribution in [2.75, 3.05) is 32.1 Å². The standard InChI is InChI=1S/C15H24N2/c1-4-5-12-16-13-6-7-14-8-10-15(11-9-14)17(2)3/h6-11,16H,4-5,12-13H2,1-3H3/b7-6+. The third-order valence-electron chi connectivity index (χ3n) is 2.69. The second kappa shape index (κ2) is 7.91. The van der Waals surface area contributed by atoms with E-state index in [2.05, 4.69) is 67.7 Å². The Hall–Kier alpha value is -1.28. The lowest BCUT2D eigenvalue weighted by Crippen LogP contribution is -2.14. The summed E-state index contributed by atoms with van der Waals surface area (Å²) in [4.78, 5) is 2.11. The summed E-state index contributed by atoms with van der Waals surface area (Å²) >= 11 is 0. The summed E-state index contributed by atoms with van der Waals surface area (Å²) in [6.45, 7) is 4.28. The molecule has 1 aromatic carbocycles. The van der Waals surface area contributed by atoms with Crippen LogP contribution in [0.3, 0.4) is 0 Å². The van der Waals surface area contributed by atoms with Gasteiger partial charge < -0.3 is 10.2 Å². The van der Waals surface area contributed by atoms with Gasteiger partial charge in [0.2, 0.25) is 0 Å². The van der Waals surface area contributed by atoms with Crippen molar-refractivity contribution in [3.63, 3.8) is 0 Å². The van der Waals surface area contributed by atoms with Gasteiger partial charge in [0.05, 0.1) is 0 Å². The summed E-state index contributed by atoms with van der Waals surface area (Å²) < 4.78 is 0. The van der Waals surface area contributed by atoms with Crippen LogP contribution in [-0.4, -0.2) is 27.2 Å². The highest BCUT2D eigenvalue weighted by Gasteiger charge is 1.92. The van der Waals surface area contributed by atoms with Gasteiger partial charge in [-0.2, -0.15) is 0 Å². The fraction of sp³-hybridized carbons (Fsp3) is 0.467. The van der Waals surface area contributed by atoms with Crippen LogP contribution >= 0.6 is 0 Å². The van der Waals surface area contributed by atoms with Crippen LogP contribution in [-0.2, 0) is 0 Å². The fourth-order valence-electron chi connectivity index (χ4n) is 1.57. The quantitative estimate of drug-likeness (QED) is 0.726. The summed E-state index contributed by atoms with van der Waals surface area (Å²) in [5, 5.41) is 3.39. The first-order chi connectivity index (χ1) is 8.24. The molecule has 0 bridgehead atoms. The molecule has 0 unspecified atom stereocenters. The number of unbranched alkanes of at least 4 members (excludes halogenated alkanes) is 1. The van der Waals surface area contributed by atoms with Crippen LogP contribution in [0, 0.1) is 0 Å². The highest BCUT2D eigenvalue weighted by molar-refractivity contribution is 5.55. The molecule has 0 aliphatic heterocycles. The van der Waals surface area contributed by atoms with Crippen LogP contribution in [0.25, 0.3) is 6.08 Å². The Labute approximate surface area is 105 Å². The molecule has 0 spiro atoms. The first-order valence-corrected chi connectivity index (χ1v) is 6.38. The topological polar surface area (TPSA) is 15.3 Å². The van der Waals surface area contributed by atoms with Gasteiger partial charge in [-0.1, -0.05) is 37.6 Å². The van der Waals surface area contributed by atoms with E-state index in [1.54, 1.807) is 0 Å². The average molecular weight is 232 g/mol. The van der Waals surface area contributed by atoms with E-state index in [4.69, 9.17) is 0 Å². The first-order valence-electron chi connectivity index (χ1n) is 6.38. The summed E-state index contributed by atoms with van der Waals surface area (Å²) in [7, 11) is 4.12. The van der Waals surface area contributed by atoms with E-state index in [9.17, 15) is 0 Å². The lowest BCUT2D eigenvalue weighted by Gasteiger charge is -2.11. The average Bonchev–Trinajstić information content (AvgIpc) is 2.34. The largest absolute Gasteiger partial charge is 0.378 e. The smallest absolute Gasteiger partial charge is 0.0361 e. The number of rotatable bonds is 7. The Balaban J connectivity index is 2.33. The van der Waals surface area contributed by atoms with Gasteiger partial charge in [0, 0.05) is 26.3 Å². The predicted octanol–water partition coefficient (Wildman–Crippen LogP) is 3.16. The maximum Gasteiger partial charge on any atom is 0.0361 e. The number of nitrogens with one attached hydrogen (secondary N) is 1. The Morgan fingerprint density at radius 3 is 2.47 bits per heavy atom.